The number of hydrogen-bond acceptors (Lipinski definition) is 6. The van der Waals surface area contributed by atoms with Crippen molar-refractivity contribution >= 4 is 35.2 Å². The van der Waals surface area contributed by atoms with E-state index in [1.807, 2.05) is 23.6 Å². The van der Waals surface area contributed by atoms with Crippen LogP contribution in [0.25, 0.3) is 0 Å². The van der Waals surface area contributed by atoms with Gasteiger partial charge in [0.25, 0.3) is 11.8 Å². The van der Waals surface area contributed by atoms with Gasteiger partial charge in [-0.05, 0) is 56.7 Å². The number of aromatic nitrogens is 1. The Morgan fingerprint density at radius 3 is 2.50 bits per heavy atom. The highest BCUT2D eigenvalue weighted by Crippen LogP contribution is 2.20. The third kappa shape index (κ3) is 4.99. The first-order chi connectivity index (χ1) is 14.4. The van der Waals surface area contributed by atoms with Gasteiger partial charge in [0.1, 0.15) is 5.69 Å². The SMILES string of the molecule is CCOC(=O)c1ccc(C(=O)Nc2ccc(C(=O)N3CCSCC3)cc2C)nc1C. The molecule has 0 bridgehead atoms. The number of anilines is 1. The summed E-state index contributed by atoms with van der Waals surface area (Å²) in [4.78, 5) is 43.3. The summed E-state index contributed by atoms with van der Waals surface area (Å²) in [5.74, 6) is 1.09. The number of pyridine rings is 1. The highest BCUT2D eigenvalue weighted by atomic mass is 32.2. The Morgan fingerprint density at radius 1 is 1.13 bits per heavy atom. The molecule has 158 valence electrons. The zero-order valence-electron chi connectivity index (χ0n) is 17.4. The van der Waals surface area contributed by atoms with Crippen molar-refractivity contribution in [2.45, 2.75) is 20.8 Å². The number of esters is 1. The Bertz CT molecular complexity index is 971. The zero-order valence-corrected chi connectivity index (χ0v) is 18.2. The minimum atomic E-state index is -0.460. The topological polar surface area (TPSA) is 88.6 Å². The molecule has 1 aromatic carbocycles. The van der Waals surface area contributed by atoms with Crippen LogP contribution in [0.2, 0.25) is 0 Å². The molecule has 1 aliphatic rings. The van der Waals surface area contributed by atoms with E-state index in [1.165, 1.54) is 6.07 Å². The number of ether oxygens (including phenoxy) is 1. The lowest BCUT2D eigenvalue weighted by Gasteiger charge is -2.26. The van der Waals surface area contributed by atoms with Crippen LogP contribution in [-0.2, 0) is 4.74 Å². The van der Waals surface area contributed by atoms with E-state index in [4.69, 9.17) is 4.74 Å². The lowest BCUT2D eigenvalue weighted by Crippen LogP contribution is -2.37. The third-order valence-electron chi connectivity index (χ3n) is 4.83. The van der Waals surface area contributed by atoms with Gasteiger partial charge in [-0.1, -0.05) is 0 Å². The molecule has 1 aromatic heterocycles. The maximum atomic E-state index is 12.7. The van der Waals surface area contributed by atoms with E-state index >= 15 is 0 Å². The van der Waals surface area contributed by atoms with Crippen LogP contribution in [0.3, 0.4) is 0 Å². The Hall–Kier alpha value is -2.87. The predicted molar refractivity (Wildman–Crippen MR) is 117 cm³/mol. The fourth-order valence-electron chi connectivity index (χ4n) is 3.18. The standard InChI is InChI=1S/C22H25N3O4S/c1-4-29-22(28)17-6-8-19(23-15(17)3)20(26)24-18-7-5-16(13-14(18)2)21(27)25-9-11-30-12-10-25/h5-8,13H,4,9-12H2,1-3H3,(H,24,26). The summed E-state index contributed by atoms with van der Waals surface area (Å²) in [6.45, 7) is 7.03. The summed E-state index contributed by atoms with van der Waals surface area (Å²) >= 11 is 1.85. The molecule has 2 heterocycles. The van der Waals surface area contributed by atoms with E-state index in [1.54, 1.807) is 38.1 Å². The Labute approximate surface area is 180 Å². The summed E-state index contributed by atoms with van der Waals surface area (Å²) in [6, 6.07) is 8.30. The largest absolute Gasteiger partial charge is 0.462 e. The van der Waals surface area contributed by atoms with Crippen LogP contribution in [0.1, 0.15) is 49.4 Å². The van der Waals surface area contributed by atoms with Crippen molar-refractivity contribution in [2.24, 2.45) is 0 Å². The Morgan fingerprint density at radius 2 is 1.87 bits per heavy atom. The van der Waals surface area contributed by atoms with Crippen LogP contribution < -0.4 is 5.32 Å². The van der Waals surface area contributed by atoms with Crippen molar-refractivity contribution in [1.82, 2.24) is 9.88 Å². The first kappa shape index (κ1) is 21.8. The van der Waals surface area contributed by atoms with Crippen molar-refractivity contribution in [1.29, 1.82) is 0 Å². The molecule has 1 saturated heterocycles. The van der Waals surface area contributed by atoms with Crippen LogP contribution in [0.4, 0.5) is 5.69 Å². The molecule has 1 aliphatic heterocycles. The monoisotopic (exact) mass is 427 g/mol. The van der Waals surface area contributed by atoms with E-state index < -0.39 is 5.97 Å². The molecule has 0 radical (unpaired) electrons. The Balaban J connectivity index is 1.71. The average molecular weight is 428 g/mol. The van der Waals surface area contributed by atoms with E-state index in [2.05, 4.69) is 10.3 Å². The van der Waals surface area contributed by atoms with Crippen LogP contribution in [0.5, 0.6) is 0 Å². The number of carbonyl (C=O) groups is 3. The number of carbonyl (C=O) groups excluding carboxylic acids is 3. The number of amides is 2. The fraction of sp³-hybridized carbons (Fsp3) is 0.364. The van der Waals surface area contributed by atoms with Crippen LogP contribution in [0, 0.1) is 13.8 Å². The van der Waals surface area contributed by atoms with Gasteiger partial charge in [-0.15, -0.1) is 0 Å². The minimum Gasteiger partial charge on any atom is -0.462 e. The second kappa shape index (κ2) is 9.75. The maximum absolute atomic E-state index is 12.7. The smallest absolute Gasteiger partial charge is 0.339 e. The van der Waals surface area contributed by atoms with Gasteiger partial charge < -0.3 is 15.0 Å². The maximum Gasteiger partial charge on any atom is 0.339 e. The molecule has 1 N–H and O–H groups in total. The number of benzene rings is 1. The van der Waals surface area contributed by atoms with E-state index in [9.17, 15) is 14.4 Å². The lowest BCUT2D eigenvalue weighted by atomic mass is 10.1. The van der Waals surface area contributed by atoms with Crippen molar-refractivity contribution < 1.29 is 19.1 Å². The molecule has 0 saturated carbocycles. The van der Waals surface area contributed by atoms with Gasteiger partial charge in [0, 0.05) is 35.8 Å². The van der Waals surface area contributed by atoms with Crippen molar-refractivity contribution in [3.05, 3.63) is 58.4 Å². The van der Waals surface area contributed by atoms with E-state index in [-0.39, 0.29) is 24.1 Å². The fourth-order valence-corrected chi connectivity index (χ4v) is 4.09. The van der Waals surface area contributed by atoms with Gasteiger partial charge in [-0.3, -0.25) is 9.59 Å². The highest BCUT2D eigenvalue weighted by molar-refractivity contribution is 7.99. The number of rotatable bonds is 5. The molecule has 0 unspecified atom stereocenters. The van der Waals surface area contributed by atoms with Gasteiger partial charge in [-0.2, -0.15) is 11.8 Å². The lowest BCUT2D eigenvalue weighted by molar-refractivity contribution is 0.0524. The molecule has 1 fully saturated rings. The number of nitrogens with zero attached hydrogens (tertiary/aromatic N) is 2. The van der Waals surface area contributed by atoms with Crippen LogP contribution >= 0.6 is 11.8 Å². The Kier molecular flexibility index (Phi) is 7.10. The molecular formula is C22H25N3O4S. The van der Waals surface area contributed by atoms with Gasteiger partial charge in [0.2, 0.25) is 0 Å². The van der Waals surface area contributed by atoms with Crippen LogP contribution in [-0.4, -0.2) is 58.9 Å². The molecular weight excluding hydrogens is 402 g/mol. The summed E-state index contributed by atoms with van der Waals surface area (Å²) in [5, 5.41) is 2.83. The van der Waals surface area contributed by atoms with Gasteiger partial charge in [-0.25, -0.2) is 9.78 Å². The molecule has 2 amide bonds. The van der Waals surface area contributed by atoms with Crippen molar-refractivity contribution in [3.63, 3.8) is 0 Å². The van der Waals surface area contributed by atoms with E-state index in [0.29, 0.717) is 22.5 Å². The van der Waals surface area contributed by atoms with Crippen molar-refractivity contribution in [2.75, 3.05) is 36.5 Å². The molecule has 3 rings (SSSR count). The second-order valence-corrected chi connectivity index (χ2v) is 8.16. The number of thioether (sulfide) groups is 1. The number of aryl methyl sites for hydroxylation is 2. The average Bonchev–Trinajstić information content (AvgIpc) is 2.75. The molecule has 0 aliphatic carbocycles. The van der Waals surface area contributed by atoms with Gasteiger partial charge in [0.15, 0.2) is 0 Å². The number of hydrogen-bond donors (Lipinski definition) is 1. The molecule has 0 atom stereocenters. The first-order valence-electron chi connectivity index (χ1n) is 9.84. The van der Waals surface area contributed by atoms with Crippen molar-refractivity contribution in [3.8, 4) is 0 Å². The normalized spacial score (nSPS) is 13.6. The van der Waals surface area contributed by atoms with E-state index in [0.717, 1.165) is 30.2 Å². The van der Waals surface area contributed by atoms with Crippen LogP contribution in [0.15, 0.2) is 30.3 Å². The zero-order chi connectivity index (χ0) is 21.7. The summed E-state index contributed by atoms with van der Waals surface area (Å²) in [7, 11) is 0. The summed E-state index contributed by atoms with van der Waals surface area (Å²) in [6.07, 6.45) is 0. The minimum absolute atomic E-state index is 0.0168. The molecule has 30 heavy (non-hydrogen) atoms. The molecule has 0 spiro atoms. The van der Waals surface area contributed by atoms with Gasteiger partial charge >= 0.3 is 5.97 Å². The second-order valence-electron chi connectivity index (χ2n) is 6.94. The molecule has 2 aromatic rings. The third-order valence-corrected chi connectivity index (χ3v) is 5.78. The summed E-state index contributed by atoms with van der Waals surface area (Å²) < 4.78 is 4.98. The number of nitrogens with one attached hydrogen (secondary N) is 1. The molecule has 7 nitrogen and oxygen atoms in total. The molecule has 8 heteroatoms. The van der Waals surface area contributed by atoms with Gasteiger partial charge in [0.05, 0.1) is 17.9 Å². The quantitative estimate of drug-likeness (QED) is 0.737. The highest BCUT2D eigenvalue weighted by Gasteiger charge is 2.20. The first-order valence-corrected chi connectivity index (χ1v) is 11.0. The summed E-state index contributed by atoms with van der Waals surface area (Å²) in [5.41, 5.74) is 2.98. The predicted octanol–water partition coefficient (Wildman–Crippen LogP) is 3.32.